The van der Waals surface area contributed by atoms with E-state index in [0.29, 0.717) is 12.5 Å². The van der Waals surface area contributed by atoms with Gasteiger partial charge in [0.15, 0.2) is 5.52 Å². The maximum atomic E-state index is 12.9. The standard InChI is InChI=1S/C23H31O2P.Li.H/c1-15(2)14-25-19-8-10-20(11-9-19)26-22(24)21-16(3)12-18(13-17(21)4)23(5,6)7;;/h8-13,15,26H,14H2,1-7H3;;. The molecule has 4 heteroatoms. The Morgan fingerprint density at radius 3 is 2.00 bits per heavy atom. The van der Waals surface area contributed by atoms with Crippen molar-refractivity contribution in [3.8, 4) is 5.75 Å². The molecule has 0 amide bonds. The van der Waals surface area contributed by atoms with E-state index in [9.17, 15) is 4.79 Å². The molecule has 0 aromatic heterocycles. The first-order chi connectivity index (χ1) is 12.1. The van der Waals surface area contributed by atoms with E-state index in [1.807, 2.05) is 38.1 Å². The Morgan fingerprint density at radius 1 is 1.04 bits per heavy atom. The normalized spacial score (nSPS) is 11.7. The molecule has 0 saturated carbocycles. The number of aryl methyl sites for hydroxylation is 2. The third kappa shape index (κ3) is 6.80. The van der Waals surface area contributed by atoms with Gasteiger partial charge < -0.3 is 4.74 Å². The van der Waals surface area contributed by atoms with Crippen LogP contribution in [0.1, 0.15) is 61.7 Å². The summed E-state index contributed by atoms with van der Waals surface area (Å²) in [6.07, 6.45) is 0. The predicted molar refractivity (Wildman–Crippen MR) is 121 cm³/mol. The number of ether oxygens (including phenoxy) is 1. The Kier molecular flexibility index (Phi) is 8.82. The first kappa shape index (κ1) is 24.0. The molecule has 0 fully saturated rings. The fourth-order valence-corrected chi connectivity index (χ4v) is 3.96. The number of benzene rings is 2. The van der Waals surface area contributed by atoms with Crippen LogP contribution in [0.25, 0.3) is 0 Å². The summed E-state index contributed by atoms with van der Waals surface area (Å²) in [4.78, 5) is 12.9. The van der Waals surface area contributed by atoms with E-state index in [-0.39, 0.29) is 38.4 Å². The van der Waals surface area contributed by atoms with Crippen molar-refractivity contribution in [1.82, 2.24) is 0 Å². The molecule has 1 atom stereocenters. The Bertz CT molecular complexity index is 751. The quantitative estimate of drug-likeness (QED) is 0.514. The van der Waals surface area contributed by atoms with E-state index >= 15 is 0 Å². The molecule has 2 aromatic rings. The molecule has 0 heterocycles. The summed E-state index contributed by atoms with van der Waals surface area (Å²) in [5.74, 6) is 1.36. The van der Waals surface area contributed by atoms with E-state index in [1.54, 1.807) is 0 Å². The van der Waals surface area contributed by atoms with Crippen LogP contribution in [0.5, 0.6) is 5.75 Å². The number of carbonyl (C=O) groups excluding carboxylic acids is 1. The van der Waals surface area contributed by atoms with Crippen molar-refractivity contribution in [2.45, 2.75) is 53.9 Å². The van der Waals surface area contributed by atoms with E-state index in [1.165, 1.54) is 5.56 Å². The molecule has 0 radical (unpaired) electrons. The van der Waals surface area contributed by atoms with Crippen LogP contribution in [0, 0.1) is 19.8 Å². The Labute approximate surface area is 178 Å². The van der Waals surface area contributed by atoms with Crippen molar-refractivity contribution >= 4 is 38.3 Å². The van der Waals surface area contributed by atoms with Crippen molar-refractivity contribution in [2.24, 2.45) is 5.92 Å². The second-order valence-corrected chi connectivity index (χ2v) is 9.70. The fraction of sp³-hybridized carbons (Fsp3) is 0.435. The minimum atomic E-state index is 0. The van der Waals surface area contributed by atoms with Gasteiger partial charge in [-0.25, -0.2) is 0 Å². The maximum absolute atomic E-state index is 12.9. The molecule has 142 valence electrons. The zero-order valence-electron chi connectivity index (χ0n) is 17.1. The third-order valence-corrected chi connectivity index (χ3v) is 5.42. The van der Waals surface area contributed by atoms with E-state index in [2.05, 4.69) is 46.8 Å². The van der Waals surface area contributed by atoms with Crippen LogP contribution < -0.4 is 10.0 Å². The topological polar surface area (TPSA) is 26.3 Å². The van der Waals surface area contributed by atoms with Gasteiger partial charge >= 0.3 is 18.9 Å². The molecule has 2 nitrogen and oxygen atoms in total. The molecule has 2 rings (SSSR count). The fourth-order valence-electron chi connectivity index (χ4n) is 2.85. The van der Waals surface area contributed by atoms with Gasteiger partial charge in [-0.15, -0.1) is 0 Å². The van der Waals surface area contributed by atoms with Crippen molar-refractivity contribution < 1.29 is 9.53 Å². The molecule has 0 aliphatic carbocycles. The van der Waals surface area contributed by atoms with Crippen LogP contribution in [0.2, 0.25) is 0 Å². The summed E-state index contributed by atoms with van der Waals surface area (Å²) < 4.78 is 5.71. The zero-order chi connectivity index (χ0) is 19.5. The monoisotopic (exact) mass is 378 g/mol. The Morgan fingerprint density at radius 2 is 1.56 bits per heavy atom. The van der Waals surface area contributed by atoms with Crippen molar-refractivity contribution in [3.05, 3.63) is 58.7 Å². The molecule has 0 aliphatic rings. The molecule has 0 spiro atoms. The summed E-state index contributed by atoms with van der Waals surface area (Å²) in [5, 5.41) is 1.05. The van der Waals surface area contributed by atoms with Crippen molar-refractivity contribution in [2.75, 3.05) is 6.61 Å². The van der Waals surface area contributed by atoms with Gasteiger partial charge in [0.05, 0.1) is 6.61 Å². The van der Waals surface area contributed by atoms with Gasteiger partial charge in [0.2, 0.25) is 0 Å². The average Bonchev–Trinajstić information content (AvgIpc) is 2.52. The SMILES string of the molecule is Cc1cc(C(C)(C)C)cc(C)c1C(=O)Pc1ccc(OCC(C)C)cc1.[LiH]. The predicted octanol–water partition coefficient (Wildman–Crippen LogP) is 5.13. The van der Waals surface area contributed by atoms with Crippen molar-refractivity contribution in [1.29, 1.82) is 0 Å². The second kappa shape index (κ2) is 9.93. The second-order valence-electron chi connectivity index (χ2n) is 8.42. The van der Waals surface area contributed by atoms with E-state index < -0.39 is 0 Å². The summed E-state index contributed by atoms with van der Waals surface area (Å²) in [6.45, 7) is 15.7. The third-order valence-electron chi connectivity index (χ3n) is 4.32. The Balaban J connectivity index is 0.00000364. The van der Waals surface area contributed by atoms with Crippen LogP contribution in [-0.2, 0) is 5.41 Å². The van der Waals surface area contributed by atoms with Crippen LogP contribution in [0.4, 0.5) is 0 Å². The van der Waals surface area contributed by atoms with Gasteiger partial charge in [0, 0.05) is 5.56 Å². The molecule has 0 N–H and O–H groups in total. The van der Waals surface area contributed by atoms with Gasteiger partial charge in [-0.2, -0.15) is 0 Å². The van der Waals surface area contributed by atoms with E-state index in [4.69, 9.17) is 4.74 Å². The van der Waals surface area contributed by atoms with Gasteiger partial charge in [-0.05, 0) is 67.9 Å². The summed E-state index contributed by atoms with van der Waals surface area (Å²) in [6, 6.07) is 12.2. The average molecular weight is 378 g/mol. The molecule has 0 saturated heterocycles. The molecular weight excluding hydrogens is 346 g/mol. The van der Waals surface area contributed by atoms with Gasteiger partial charge in [0.25, 0.3) is 0 Å². The summed E-state index contributed by atoms with van der Waals surface area (Å²) >= 11 is 0. The Hall–Kier alpha value is -1.06. The molecule has 27 heavy (non-hydrogen) atoms. The van der Waals surface area contributed by atoms with E-state index in [0.717, 1.165) is 27.7 Å². The minimum absolute atomic E-state index is 0. The van der Waals surface area contributed by atoms with Crippen LogP contribution in [-0.4, -0.2) is 31.0 Å². The number of carbonyl (C=O) groups is 1. The van der Waals surface area contributed by atoms with Gasteiger partial charge in [-0.3, -0.25) is 4.79 Å². The van der Waals surface area contributed by atoms with Gasteiger partial charge in [-0.1, -0.05) is 58.9 Å². The van der Waals surface area contributed by atoms with Crippen LogP contribution >= 0.6 is 8.58 Å². The van der Waals surface area contributed by atoms with Crippen LogP contribution in [0.15, 0.2) is 36.4 Å². The molecule has 0 aliphatic heterocycles. The van der Waals surface area contributed by atoms with Crippen molar-refractivity contribution in [3.63, 3.8) is 0 Å². The first-order valence-electron chi connectivity index (χ1n) is 9.24. The number of hydrogen-bond donors (Lipinski definition) is 0. The first-order valence-corrected chi connectivity index (χ1v) is 10.2. The molecular formula is C23H32LiO2P. The molecule has 1 unspecified atom stereocenters. The van der Waals surface area contributed by atoms with Gasteiger partial charge in [0.1, 0.15) is 5.75 Å². The number of hydrogen-bond acceptors (Lipinski definition) is 2. The zero-order valence-corrected chi connectivity index (χ0v) is 18.1. The number of rotatable bonds is 6. The molecule has 0 bridgehead atoms. The molecule has 2 aromatic carbocycles. The summed E-state index contributed by atoms with van der Waals surface area (Å²) in [7, 11) is 0.131. The van der Waals surface area contributed by atoms with Crippen LogP contribution in [0.3, 0.4) is 0 Å². The summed E-state index contributed by atoms with van der Waals surface area (Å²) in [5.41, 5.74) is 4.59.